The maximum atomic E-state index is 14.0. The van der Waals surface area contributed by atoms with E-state index in [1.807, 2.05) is 0 Å². The first-order chi connectivity index (χ1) is 17.1. The fourth-order valence-electron chi connectivity index (χ4n) is 3.48. The van der Waals surface area contributed by atoms with E-state index in [0.717, 1.165) is 37.4 Å². The number of halogens is 4. The van der Waals surface area contributed by atoms with Crippen LogP contribution in [0.3, 0.4) is 0 Å². The van der Waals surface area contributed by atoms with Crippen LogP contribution in [0.2, 0.25) is 0 Å². The topological polar surface area (TPSA) is 108 Å². The molecule has 2 atom stereocenters. The van der Waals surface area contributed by atoms with E-state index in [-0.39, 0.29) is 36.1 Å². The average molecular weight is 505 g/mol. The van der Waals surface area contributed by atoms with Crippen molar-refractivity contribution in [2.24, 2.45) is 11.7 Å². The first kappa shape index (κ1) is 25.4. The van der Waals surface area contributed by atoms with Gasteiger partial charge in [-0.05, 0) is 42.9 Å². The number of hydrogen-bond donors (Lipinski definition) is 2. The zero-order chi connectivity index (χ0) is 25.9. The van der Waals surface area contributed by atoms with Gasteiger partial charge < -0.3 is 20.3 Å². The summed E-state index contributed by atoms with van der Waals surface area (Å²) in [5, 5.41) is 8.94. The van der Waals surface area contributed by atoms with Crippen LogP contribution in [0, 0.1) is 11.7 Å². The van der Waals surface area contributed by atoms with Crippen molar-refractivity contribution in [3.63, 3.8) is 0 Å². The number of hydrogen-bond acceptors (Lipinski definition) is 6. The van der Waals surface area contributed by atoms with Gasteiger partial charge in [-0.3, -0.25) is 4.79 Å². The number of benzene rings is 2. The van der Waals surface area contributed by atoms with Gasteiger partial charge in [0, 0.05) is 23.3 Å². The van der Waals surface area contributed by atoms with Crippen LogP contribution in [0.4, 0.5) is 17.6 Å². The second-order valence-corrected chi connectivity index (χ2v) is 8.56. The highest BCUT2D eigenvalue weighted by Gasteiger charge is 2.45. The molecule has 0 bridgehead atoms. The Morgan fingerprint density at radius 3 is 2.47 bits per heavy atom. The van der Waals surface area contributed by atoms with Crippen LogP contribution in [-0.2, 0) is 11.2 Å². The molecule has 190 valence electrons. The molecule has 1 aliphatic rings. The van der Waals surface area contributed by atoms with Gasteiger partial charge in [0.05, 0.1) is 12.3 Å². The van der Waals surface area contributed by atoms with Crippen molar-refractivity contribution in [3.8, 4) is 22.9 Å². The highest BCUT2D eigenvalue weighted by atomic mass is 19.4. The molecule has 7 nitrogen and oxygen atoms in total. The third-order valence-corrected chi connectivity index (χ3v) is 5.63. The summed E-state index contributed by atoms with van der Waals surface area (Å²) in [6.45, 7) is 0.200. The number of carbonyl (C=O) groups is 1. The Bertz CT molecular complexity index is 1220. The van der Waals surface area contributed by atoms with Crippen LogP contribution in [0.15, 0.2) is 54.9 Å². The normalized spacial score (nSPS) is 15.2. The van der Waals surface area contributed by atoms with E-state index in [1.54, 1.807) is 24.3 Å². The number of nitrogens with two attached hydrogens (primary N) is 1. The van der Waals surface area contributed by atoms with E-state index in [9.17, 15) is 22.4 Å². The molecule has 3 N–H and O–H groups in total. The molecule has 1 aliphatic carbocycles. The Hall–Kier alpha value is -3.73. The van der Waals surface area contributed by atoms with E-state index in [0.29, 0.717) is 16.8 Å². The molecule has 11 heteroatoms. The number of carboxylic acid groups (broad SMARTS) is 1. The van der Waals surface area contributed by atoms with Gasteiger partial charge in [-0.2, -0.15) is 13.2 Å². The van der Waals surface area contributed by atoms with Crippen molar-refractivity contribution in [1.29, 1.82) is 0 Å². The van der Waals surface area contributed by atoms with E-state index in [1.165, 1.54) is 6.07 Å². The summed E-state index contributed by atoms with van der Waals surface area (Å²) in [5.41, 5.74) is 6.70. The third kappa shape index (κ3) is 6.48. The number of nitrogens with zero attached hydrogens (tertiary/aromatic N) is 2. The zero-order valence-corrected chi connectivity index (χ0v) is 18.9. The molecule has 0 saturated heterocycles. The molecule has 1 aromatic heterocycles. The van der Waals surface area contributed by atoms with Crippen molar-refractivity contribution in [3.05, 3.63) is 71.8 Å². The molecular weight excluding hydrogens is 482 g/mol. The number of carboxylic acids is 1. The Labute approximate surface area is 203 Å². The van der Waals surface area contributed by atoms with Crippen molar-refractivity contribution in [2.45, 2.75) is 37.6 Å². The van der Waals surface area contributed by atoms with Crippen LogP contribution >= 0.6 is 0 Å². The van der Waals surface area contributed by atoms with Gasteiger partial charge in [-0.25, -0.2) is 14.4 Å². The highest BCUT2D eigenvalue weighted by molar-refractivity contribution is 5.73. The molecule has 0 aliphatic heterocycles. The maximum absolute atomic E-state index is 14.0. The minimum atomic E-state index is -4.84. The minimum absolute atomic E-state index is 0.115. The first-order valence-corrected chi connectivity index (χ1v) is 11.2. The molecule has 3 aromatic rings. The van der Waals surface area contributed by atoms with Gasteiger partial charge in [-0.1, -0.05) is 24.3 Å². The molecule has 4 rings (SSSR count). The lowest BCUT2D eigenvalue weighted by Gasteiger charge is -2.24. The molecule has 2 unspecified atom stereocenters. The third-order valence-electron chi connectivity index (χ3n) is 5.63. The summed E-state index contributed by atoms with van der Waals surface area (Å²) >= 11 is 0. The summed E-state index contributed by atoms with van der Waals surface area (Å²) in [7, 11) is 0. The standard InChI is InChI=1S/C25H23F4N3O4/c26-17-7-8-18(21(10-17)35-12-15-1-2-15)23(25(27,28)29)36-22-11-20(31-13-32-22)16-5-3-14(4-6-16)9-19(30)24(33)34/h3-8,10-11,13,15,19,23H,1-2,9,12,30H2,(H,33,34). The number of rotatable bonds is 10. The average Bonchev–Trinajstić information content (AvgIpc) is 3.66. The largest absolute Gasteiger partial charge is 0.493 e. The molecule has 1 fully saturated rings. The maximum Gasteiger partial charge on any atom is 0.429 e. The van der Waals surface area contributed by atoms with Crippen LogP contribution in [0.1, 0.15) is 30.1 Å². The molecule has 0 spiro atoms. The lowest BCUT2D eigenvalue weighted by atomic mass is 10.0. The molecule has 1 saturated carbocycles. The number of aromatic nitrogens is 2. The van der Waals surface area contributed by atoms with Crippen molar-refractivity contribution >= 4 is 5.97 Å². The van der Waals surface area contributed by atoms with Gasteiger partial charge in [0.1, 0.15) is 23.9 Å². The Morgan fingerprint density at radius 2 is 1.83 bits per heavy atom. The van der Waals surface area contributed by atoms with Gasteiger partial charge >= 0.3 is 12.1 Å². The molecule has 0 amide bonds. The summed E-state index contributed by atoms with van der Waals surface area (Å²) in [4.78, 5) is 18.8. The van der Waals surface area contributed by atoms with E-state index < -0.39 is 30.1 Å². The molecular formula is C25H23F4N3O4. The van der Waals surface area contributed by atoms with Crippen LogP contribution in [0.25, 0.3) is 11.3 Å². The van der Waals surface area contributed by atoms with Crippen LogP contribution < -0.4 is 15.2 Å². The van der Waals surface area contributed by atoms with Gasteiger partial charge in [0.15, 0.2) is 0 Å². The number of ether oxygens (including phenoxy) is 2. The smallest absolute Gasteiger partial charge is 0.429 e. The van der Waals surface area contributed by atoms with Crippen LogP contribution in [0.5, 0.6) is 11.6 Å². The second kappa shape index (κ2) is 10.5. The Kier molecular flexibility index (Phi) is 7.39. The predicted octanol–water partition coefficient (Wildman–Crippen LogP) is 4.71. The lowest BCUT2D eigenvalue weighted by molar-refractivity contribution is -0.199. The molecule has 0 radical (unpaired) electrons. The van der Waals surface area contributed by atoms with Crippen molar-refractivity contribution < 1.29 is 36.9 Å². The van der Waals surface area contributed by atoms with E-state index in [4.69, 9.17) is 20.3 Å². The van der Waals surface area contributed by atoms with Gasteiger partial charge in [-0.15, -0.1) is 0 Å². The number of alkyl halides is 3. The Morgan fingerprint density at radius 1 is 1.11 bits per heavy atom. The molecule has 1 heterocycles. The summed E-state index contributed by atoms with van der Waals surface area (Å²) in [5.74, 6) is -2.16. The summed E-state index contributed by atoms with van der Waals surface area (Å²) < 4.78 is 66.7. The monoisotopic (exact) mass is 505 g/mol. The minimum Gasteiger partial charge on any atom is -0.493 e. The van der Waals surface area contributed by atoms with E-state index >= 15 is 0 Å². The van der Waals surface area contributed by atoms with Crippen LogP contribution in [-0.4, -0.2) is 39.9 Å². The first-order valence-electron chi connectivity index (χ1n) is 11.2. The zero-order valence-electron chi connectivity index (χ0n) is 18.9. The number of aliphatic carboxylic acids is 1. The highest BCUT2D eigenvalue weighted by Crippen LogP contribution is 2.41. The van der Waals surface area contributed by atoms with E-state index in [2.05, 4.69) is 9.97 Å². The van der Waals surface area contributed by atoms with Crippen molar-refractivity contribution in [2.75, 3.05) is 6.61 Å². The second-order valence-electron chi connectivity index (χ2n) is 8.56. The van der Waals surface area contributed by atoms with Gasteiger partial charge in [0.2, 0.25) is 12.0 Å². The SMILES string of the molecule is NC(Cc1ccc(-c2cc(OC(c3ccc(F)cc3OCC3CC3)C(F)(F)F)ncn2)cc1)C(=O)O. The van der Waals surface area contributed by atoms with Crippen molar-refractivity contribution in [1.82, 2.24) is 9.97 Å². The molecule has 2 aromatic carbocycles. The Balaban J connectivity index is 1.57. The lowest BCUT2D eigenvalue weighted by Crippen LogP contribution is -2.32. The molecule has 36 heavy (non-hydrogen) atoms. The predicted molar refractivity (Wildman–Crippen MR) is 121 cm³/mol. The quantitative estimate of drug-likeness (QED) is 0.384. The summed E-state index contributed by atoms with van der Waals surface area (Å²) in [6, 6.07) is 9.63. The fraction of sp³-hybridized carbons (Fsp3) is 0.320. The summed E-state index contributed by atoms with van der Waals surface area (Å²) in [6.07, 6.45) is -4.27. The van der Waals surface area contributed by atoms with Gasteiger partial charge in [0.25, 0.3) is 0 Å². The fourth-order valence-corrected chi connectivity index (χ4v) is 3.48.